The predicted octanol–water partition coefficient (Wildman–Crippen LogP) is 4.27. The van der Waals surface area contributed by atoms with Gasteiger partial charge in [-0.1, -0.05) is 17.4 Å². The van der Waals surface area contributed by atoms with E-state index in [1.54, 1.807) is 11.3 Å². The molecule has 0 aliphatic carbocycles. The molecule has 0 unspecified atom stereocenters. The Balaban J connectivity index is 1.25. The first kappa shape index (κ1) is 23.3. The fourth-order valence-electron chi connectivity index (χ4n) is 3.71. The van der Waals surface area contributed by atoms with Crippen LogP contribution in [0.25, 0.3) is 10.2 Å². The minimum Gasteiger partial charge on any atom is -0.494 e. The number of ether oxygens (including phenoxy) is 1. The average Bonchev–Trinajstić information content (AvgIpc) is 3.23. The van der Waals surface area contributed by atoms with Crippen LogP contribution < -0.4 is 15.0 Å². The van der Waals surface area contributed by atoms with Crippen molar-refractivity contribution in [3.8, 4) is 5.75 Å². The maximum absolute atomic E-state index is 12.8. The highest BCUT2D eigenvalue weighted by Crippen LogP contribution is 2.32. The van der Waals surface area contributed by atoms with E-state index in [-0.39, 0.29) is 5.56 Å². The van der Waals surface area contributed by atoms with Gasteiger partial charge in [0.2, 0.25) is 0 Å². The minimum atomic E-state index is -4.47. The third-order valence-corrected chi connectivity index (χ3v) is 6.55. The summed E-state index contributed by atoms with van der Waals surface area (Å²) in [4.78, 5) is 21.4. The number of piperazine rings is 1. The first-order valence-electron chi connectivity index (χ1n) is 10.8. The van der Waals surface area contributed by atoms with Gasteiger partial charge in [-0.25, -0.2) is 4.98 Å². The summed E-state index contributed by atoms with van der Waals surface area (Å²) < 4.78 is 45.2. The first-order valence-corrected chi connectivity index (χ1v) is 11.6. The average molecular weight is 479 g/mol. The molecule has 6 nitrogen and oxygen atoms in total. The van der Waals surface area contributed by atoms with Crippen LogP contribution in [0.15, 0.2) is 42.5 Å². The number of aromatic nitrogens is 1. The molecular formula is C23H25F3N4O2S. The standard InChI is InChI=1S/C23H25F3N4O2S/c1-2-32-18-6-7-19-20(15-18)33-22(28-19)30-12-10-29(11-13-30)9-8-27-21(31)16-4-3-5-17(14-16)23(24,25)26/h3-7,14-15H,2,8-13H2,1H3,(H,27,31). The molecule has 0 spiro atoms. The third-order valence-electron chi connectivity index (χ3n) is 5.47. The van der Waals surface area contributed by atoms with Gasteiger partial charge in [0.05, 0.1) is 22.4 Å². The number of hydrogen-bond acceptors (Lipinski definition) is 6. The van der Waals surface area contributed by atoms with Crippen molar-refractivity contribution < 1.29 is 22.7 Å². The molecule has 0 atom stereocenters. The van der Waals surface area contributed by atoms with Crippen LogP contribution in [0.3, 0.4) is 0 Å². The number of nitrogens with one attached hydrogen (secondary N) is 1. The number of fused-ring (bicyclic) bond motifs is 1. The zero-order valence-corrected chi connectivity index (χ0v) is 19.0. The van der Waals surface area contributed by atoms with Gasteiger partial charge in [-0.05, 0) is 43.3 Å². The molecule has 1 aromatic heterocycles. The van der Waals surface area contributed by atoms with E-state index in [2.05, 4.69) is 15.1 Å². The van der Waals surface area contributed by atoms with Gasteiger partial charge in [0.15, 0.2) is 5.13 Å². The summed E-state index contributed by atoms with van der Waals surface area (Å²) in [7, 11) is 0. The molecule has 0 bridgehead atoms. The van der Waals surface area contributed by atoms with Crippen molar-refractivity contribution in [3.05, 3.63) is 53.6 Å². The predicted molar refractivity (Wildman–Crippen MR) is 123 cm³/mol. The van der Waals surface area contributed by atoms with Gasteiger partial charge in [-0.15, -0.1) is 0 Å². The number of benzene rings is 2. The molecule has 1 aliphatic heterocycles. The number of carbonyl (C=O) groups excluding carboxylic acids is 1. The summed E-state index contributed by atoms with van der Waals surface area (Å²) >= 11 is 1.65. The zero-order chi connectivity index (χ0) is 23.4. The molecule has 2 aromatic carbocycles. The van der Waals surface area contributed by atoms with Crippen molar-refractivity contribution in [1.82, 2.24) is 15.2 Å². The molecule has 176 valence electrons. The highest BCUT2D eigenvalue weighted by atomic mass is 32.1. The molecule has 1 saturated heterocycles. The Bertz CT molecular complexity index is 1110. The molecule has 3 aromatic rings. The number of hydrogen-bond donors (Lipinski definition) is 1. The Kier molecular flexibility index (Phi) is 7.04. The molecule has 0 saturated carbocycles. The summed E-state index contributed by atoms with van der Waals surface area (Å²) in [6.07, 6.45) is -4.47. The van der Waals surface area contributed by atoms with E-state index in [1.807, 2.05) is 25.1 Å². The molecule has 33 heavy (non-hydrogen) atoms. The quantitative estimate of drug-likeness (QED) is 0.550. The number of carbonyl (C=O) groups is 1. The lowest BCUT2D eigenvalue weighted by Gasteiger charge is -2.34. The van der Waals surface area contributed by atoms with Crippen LogP contribution in [0.4, 0.5) is 18.3 Å². The highest BCUT2D eigenvalue weighted by Gasteiger charge is 2.31. The molecule has 1 fully saturated rings. The Morgan fingerprint density at radius 3 is 2.67 bits per heavy atom. The van der Waals surface area contributed by atoms with Gasteiger partial charge < -0.3 is 15.0 Å². The lowest BCUT2D eigenvalue weighted by molar-refractivity contribution is -0.137. The number of nitrogens with zero attached hydrogens (tertiary/aromatic N) is 3. The highest BCUT2D eigenvalue weighted by molar-refractivity contribution is 7.22. The SMILES string of the molecule is CCOc1ccc2nc(N3CCN(CCNC(=O)c4cccc(C(F)(F)F)c4)CC3)sc2c1. The number of rotatable bonds is 7. The maximum atomic E-state index is 12.8. The minimum absolute atomic E-state index is 0.0120. The fraction of sp³-hybridized carbons (Fsp3) is 0.391. The lowest BCUT2D eigenvalue weighted by atomic mass is 10.1. The number of amides is 1. The Hall–Kier alpha value is -2.85. The van der Waals surface area contributed by atoms with Gasteiger partial charge in [0.1, 0.15) is 5.75 Å². The van der Waals surface area contributed by atoms with Gasteiger partial charge in [-0.2, -0.15) is 13.2 Å². The van der Waals surface area contributed by atoms with E-state index in [4.69, 9.17) is 9.72 Å². The smallest absolute Gasteiger partial charge is 0.416 e. The normalized spacial score (nSPS) is 15.1. The number of anilines is 1. The van der Waals surface area contributed by atoms with Crippen molar-refractivity contribution in [1.29, 1.82) is 0 Å². The van der Waals surface area contributed by atoms with Gasteiger partial charge in [0.25, 0.3) is 5.91 Å². The largest absolute Gasteiger partial charge is 0.494 e. The van der Waals surface area contributed by atoms with Crippen LogP contribution >= 0.6 is 11.3 Å². The van der Waals surface area contributed by atoms with E-state index in [1.165, 1.54) is 12.1 Å². The van der Waals surface area contributed by atoms with Crippen LogP contribution in [0, 0.1) is 0 Å². The molecule has 2 heterocycles. The van der Waals surface area contributed by atoms with Crippen molar-refractivity contribution in [2.45, 2.75) is 13.1 Å². The summed E-state index contributed by atoms with van der Waals surface area (Å²) in [5.41, 5.74) is 0.145. The molecule has 0 radical (unpaired) electrons. The van der Waals surface area contributed by atoms with Crippen molar-refractivity contribution >= 4 is 32.6 Å². The van der Waals surface area contributed by atoms with Crippen LogP contribution in [0.2, 0.25) is 0 Å². The number of thiazole rings is 1. The van der Waals surface area contributed by atoms with Crippen LogP contribution in [-0.2, 0) is 6.18 Å². The maximum Gasteiger partial charge on any atom is 0.416 e. The molecule has 4 rings (SSSR count). The molecule has 1 N–H and O–H groups in total. The van der Waals surface area contributed by atoms with Crippen LogP contribution in [0.5, 0.6) is 5.75 Å². The topological polar surface area (TPSA) is 57.7 Å². The lowest BCUT2D eigenvalue weighted by Crippen LogP contribution is -2.48. The second-order valence-electron chi connectivity index (χ2n) is 7.72. The molecule has 1 amide bonds. The van der Waals surface area contributed by atoms with Crippen molar-refractivity contribution in [3.63, 3.8) is 0 Å². The van der Waals surface area contributed by atoms with Crippen molar-refractivity contribution in [2.24, 2.45) is 0 Å². The Morgan fingerprint density at radius 1 is 1.15 bits per heavy atom. The van der Waals surface area contributed by atoms with E-state index >= 15 is 0 Å². The van der Waals surface area contributed by atoms with Crippen molar-refractivity contribution in [2.75, 3.05) is 50.8 Å². The van der Waals surface area contributed by atoms with Crippen LogP contribution in [-0.4, -0.2) is 61.7 Å². The van der Waals surface area contributed by atoms with E-state index < -0.39 is 17.6 Å². The molecular weight excluding hydrogens is 453 g/mol. The monoisotopic (exact) mass is 478 g/mol. The van der Waals surface area contributed by atoms with Gasteiger partial charge in [-0.3, -0.25) is 9.69 Å². The van der Waals surface area contributed by atoms with E-state index in [9.17, 15) is 18.0 Å². The summed E-state index contributed by atoms with van der Waals surface area (Å²) in [5.74, 6) is 0.345. The first-order chi connectivity index (χ1) is 15.8. The number of halogens is 3. The summed E-state index contributed by atoms with van der Waals surface area (Å²) in [5, 5.41) is 3.70. The second kappa shape index (κ2) is 9.96. The fourth-order valence-corrected chi connectivity index (χ4v) is 4.76. The van der Waals surface area contributed by atoms with E-state index in [0.29, 0.717) is 19.7 Å². The van der Waals surface area contributed by atoms with Gasteiger partial charge >= 0.3 is 6.18 Å². The molecule has 10 heteroatoms. The Labute approximate surface area is 194 Å². The van der Waals surface area contributed by atoms with E-state index in [0.717, 1.165) is 59.4 Å². The molecule has 1 aliphatic rings. The summed E-state index contributed by atoms with van der Waals surface area (Å²) in [6, 6.07) is 10.4. The van der Waals surface area contributed by atoms with Crippen LogP contribution in [0.1, 0.15) is 22.8 Å². The second-order valence-corrected chi connectivity index (χ2v) is 8.73. The summed E-state index contributed by atoms with van der Waals surface area (Å²) in [6.45, 7) is 6.86. The van der Waals surface area contributed by atoms with Gasteiger partial charge in [0, 0.05) is 44.8 Å². The third kappa shape index (κ3) is 5.75. The zero-order valence-electron chi connectivity index (χ0n) is 18.2. The number of alkyl halides is 3. The Morgan fingerprint density at radius 2 is 1.94 bits per heavy atom.